The van der Waals surface area contributed by atoms with Crippen molar-refractivity contribution >= 4 is 29.2 Å². The molecule has 1 aliphatic rings. The third kappa shape index (κ3) is 2.67. The predicted octanol–water partition coefficient (Wildman–Crippen LogP) is 2.74. The number of hydrogen-bond donors (Lipinski definition) is 1. The van der Waals surface area contributed by atoms with Crippen LogP contribution in [0.1, 0.15) is 5.56 Å². The van der Waals surface area contributed by atoms with Gasteiger partial charge in [0, 0.05) is 11.4 Å². The van der Waals surface area contributed by atoms with Gasteiger partial charge in [-0.2, -0.15) is 0 Å². The fourth-order valence-corrected chi connectivity index (χ4v) is 2.66. The number of hydrogen-bond acceptors (Lipinski definition) is 3. The van der Waals surface area contributed by atoms with Gasteiger partial charge in [-0.25, -0.2) is 0 Å². The Morgan fingerprint density at radius 3 is 3.13 bits per heavy atom. The van der Waals surface area contributed by atoms with Gasteiger partial charge in [-0.15, -0.1) is 11.8 Å². The second-order valence-electron chi connectivity index (χ2n) is 3.43. The molecule has 2 rings (SSSR count). The minimum Gasteiger partial charge on any atom is -0.371 e. The van der Waals surface area contributed by atoms with Crippen LogP contribution >= 0.6 is 23.4 Å². The van der Waals surface area contributed by atoms with Crippen molar-refractivity contribution in [2.45, 2.75) is 11.8 Å². The fraction of sp³-hybridized carbons (Fsp3) is 0.364. The van der Waals surface area contributed by atoms with E-state index in [2.05, 4.69) is 16.4 Å². The molecule has 2 nitrogen and oxygen atoms in total. The van der Waals surface area contributed by atoms with Gasteiger partial charge < -0.3 is 5.32 Å². The van der Waals surface area contributed by atoms with E-state index in [1.54, 1.807) is 11.8 Å². The van der Waals surface area contributed by atoms with Crippen LogP contribution in [0.3, 0.4) is 0 Å². The quantitative estimate of drug-likeness (QED) is 0.822. The van der Waals surface area contributed by atoms with Crippen LogP contribution in [0.15, 0.2) is 28.1 Å². The van der Waals surface area contributed by atoms with Gasteiger partial charge >= 0.3 is 0 Å². The Balaban J connectivity index is 2.01. The summed E-state index contributed by atoms with van der Waals surface area (Å²) in [6, 6.07) is 6.11. The molecule has 1 heterocycles. The van der Waals surface area contributed by atoms with Crippen LogP contribution in [0.4, 0.5) is 0 Å². The van der Waals surface area contributed by atoms with E-state index in [1.165, 1.54) is 0 Å². The fourth-order valence-electron chi connectivity index (χ4n) is 1.42. The first-order chi connectivity index (χ1) is 7.27. The number of amidine groups is 1. The van der Waals surface area contributed by atoms with E-state index in [4.69, 9.17) is 11.6 Å². The molecule has 15 heavy (non-hydrogen) atoms. The molecule has 4 heteroatoms. The maximum absolute atomic E-state index is 6.20. The molecule has 80 valence electrons. The van der Waals surface area contributed by atoms with Gasteiger partial charge in [0.15, 0.2) is 0 Å². The summed E-state index contributed by atoms with van der Waals surface area (Å²) >= 11 is 7.93. The second kappa shape index (κ2) is 4.90. The lowest BCUT2D eigenvalue weighted by atomic mass is 10.2. The maximum Gasteiger partial charge on any atom is 0.107 e. The number of nitrogens with zero attached hydrogens (tertiary/aromatic N) is 1. The molecule has 0 amide bonds. The third-order valence-electron chi connectivity index (χ3n) is 2.26. The molecule has 1 aromatic rings. The van der Waals surface area contributed by atoms with Crippen molar-refractivity contribution in [2.75, 3.05) is 18.8 Å². The summed E-state index contributed by atoms with van der Waals surface area (Å²) in [5.41, 5.74) is 1.13. The topological polar surface area (TPSA) is 24.4 Å². The number of nitrogens with one attached hydrogen (secondary N) is 1. The minimum atomic E-state index is 0.862. The van der Waals surface area contributed by atoms with Crippen LogP contribution in [0.25, 0.3) is 0 Å². The van der Waals surface area contributed by atoms with Gasteiger partial charge in [0.25, 0.3) is 0 Å². The van der Waals surface area contributed by atoms with E-state index in [9.17, 15) is 0 Å². The number of rotatable bonds is 3. The van der Waals surface area contributed by atoms with Crippen molar-refractivity contribution in [1.29, 1.82) is 0 Å². The molecule has 0 atom stereocenters. The van der Waals surface area contributed by atoms with Gasteiger partial charge in [0.2, 0.25) is 0 Å². The highest BCUT2D eigenvalue weighted by atomic mass is 35.5. The van der Waals surface area contributed by atoms with Crippen LogP contribution in [0.5, 0.6) is 0 Å². The summed E-state index contributed by atoms with van der Waals surface area (Å²) in [4.78, 5) is 5.48. The van der Waals surface area contributed by atoms with E-state index in [0.29, 0.717) is 0 Å². The average Bonchev–Trinajstić information content (AvgIpc) is 2.73. The molecule has 0 radical (unpaired) electrons. The normalized spacial score (nSPS) is 14.9. The third-order valence-corrected chi connectivity index (χ3v) is 3.95. The lowest BCUT2D eigenvalue weighted by Crippen LogP contribution is -2.20. The zero-order valence-electron chi connectivity index (χ0n) is 8.59. The van der Waals surface area contributed by atoms with Crippen molar-refractivity contribution in [1.82, 2.24) is 5.32 Å². The molecule has 0 bridgehead atoms. The molecule has 0 saturated carbocycles. The molecule has 0 aromatic heterocycles. The Morgan fingerprint density at radius 2 is 2.40 bits per heavy atom. The van der Waals surface area contributed by atoms with Gasteiger partial charge in [-0.3, -0.25) is 4.99 Å². The minimum absolute atomic E-state index is 0.862. The van der Waals surface area contributed by atoms with Gasteiger partial charge in [-0.05, 0) is 18.6 Å². The molecule has 0 saturated heterocycles. The van der Waals surface area contributed by atoms with Crippen molar-refractivity contribution < 1.29 is 0 Å². The highest BCUT2D eigenvalue weighted by molar-refractivity contribution is 8.00. The summed E-state index contributed by atoms with van der Waals surface area (Å²) in [6.45, 7) is 3.90. The monoisotopic (exact) mass is 240 g/mol. The van der Waals surface area contributed by atoms with Crippen molar-refractivity contribution in [3.63, 3.8) is 0 Å². The average molecular weight is 241 g/mol. The Hall–Kier alpha value is -0.670. The summed E-state index contributed by atoms with van der Waals surface area (Å²) in [5.74, 6) is 1.96. The molecule has 0 aliphatic carbocycles. The van der Waals surface area contributed by atoms with Gasteiger partial charge in [0.1, 0.15) is 5.84 Å². The lowest BCUT2D eigenvalue weighted by Gasteiger charge is -2.06. The number of aryl methyl sites for hydroxylation is 1. The van der Waals surface area contributed by atoms with E-state index < -0.39 is 0 Å². The van der Waals surface area contributed by atoms with Crippen molar-refractivity contribution in [3.05, 3.63) is 28.8 Å². The van der Waals surface area contributed by atoms with Crippen LogP contribution < -0.4 is 5.32 Å². The standard InChI is InChI=1S/C11H13ClN2S/c1-8-3-2-4-9(11(8)12)15-7-10-13-5-6-14-10/h2-4H,5-7H2,1H3,(H,13,14). The summed E-state index contributed by atoms with van der Waals surface area (Å²) in [7, 11) is 0. The molecule has 1 aliphatic heterocycles. The summed E-state index contributed by atoms with van der Waals surface area (Å²) in [6.07, 6.45) is 0. The van der Waals surface area contributed by atoms with Crippen LogP contribution in [0.2, 0.25) is 5.02 Å². The van der Waals surface area contributed by atoms with Crippen molar-refractivity contribution in [3.8, 4) is 0 Å². The van der Waals surface area contributed by atoms with Crippen LogP contribution in [-0.2, 0) is 0 Å². The summed E-state index contributed by atoms with van der Waals surface area (Å²) in [5, 5.41) is 4.11. The Kier molecular flexibility index (Phi) is 3.54. The van der Waals surface area contributed by atoms with Crippen LogP contribution in [-0.4, -0.2) is 24.7 Å². The molecule has 0 fully saturated rings. The van der Waals surface area contributed by atoms with Crippen molar-refractivity contribution in [2.24, 2.45) is 4.99 Å². The molecule has 0 unspecified atom stereocenters. The number of benzene rings is 1. The largest absolute Gasteiger partial charge is 0.371 e. The molecule has 1 N–H and O–H groups in total. The van der Waals surface area contributed by atoms with E-state index in [1.807, 2.05) is 19.1 Å². The SMILES string of the molecule is Cc1cccc(SCC2=NCCN2)c1Cl. The summed E-state index contributed by atoms with van der Waals surface area (Å²) < 4.78 is 0. The van der Waals surface area contributed by atoms with Gasteiger partial charge in [0.05, 0.1) is 17.3 Å². The zero-order valence-corrected chi connectivity index (χ0v) is 10.2. The smallest absolute Gasteiger partial charge is 0.107 e. The Bertz CT molecular complexity index is 390. The van der Waals surface area contributed by atoms with Crippen LogP contribution in [0, 0.1) is 6.92 Å². The molecular weight excluding hydrogens is 228 g/mol. The van der Waals surface area contributed by atoms with E-state index >= 15 is 0 Å². The molecule has 0 spiro atoms. The lowest BCUT2D eigenvalue weighted by molar-refractivity contribution is 0.959. The maximum atomic E-state index is 6.20. The first-order valence-corrected chi connectivity index (χ1v) is 6.29. The first-order valence-electron chi connectivity index (χ1n) is 4.92. The number of thioether (sulfide) groups is 1. The Morgan fingerprint density at radius 1 is 1.53 bits per heavy atom. The molecule has 1 aromatic carbocycles. The van der Waals surface area contributed by atoms with Gasteiger partial charge in [-0.1, -0.05) is 23.7 Å². The predicted molar refractivity (Wildman–Crippen MR) is 67.2 cm³/mol. The number of aliphatic imine (C=N–C) groups is 1. The highest BCUT2D eigenvalue weighted by Gasteiger charge is 2.08. The van der Waals surface area contributed by atoms with E-state index in [0.717, 1.165) is 40.2 Å². The zero-order chi connectivity index (χ0) is 10.7. The second-order valence-corrected chi connectivity index (χ2v) is 4.83. The number of halogens is 1. The highest BCUT2D eigenvalue weighted by Crippen LogP contribution is 2.29. The first kappa shape index (κ1) is 10.8. The Labute approximate surface area is 99.1 Å². The van der Waals surface area contributed by atoms with E-state index in [-0.39, 0.29) is 0 Å². The molecular formula is C11H13ClN2S.